The first-order valence-corrected chi connectivity index (χ1v) is 6.18. The van der Waals surface area contributed by atoms with Crippen molar-refractivity contribution in [3.05, 3.63) is 38.8 Å². The van der Waals surface area contributed by atoms with Gasteiger partial charge in [0.2, 0.25) is 0 Å². The van der Waals surface area contributed by atoms with Crippen LogP contribution in [-0.2, 0) is 13.5 Å². The molecule has 0 bridgehead atoms. The Labute approximate surface area is 100 Å². The van der Waals surface area contributed by atoms with E-state index in [1.54, 1.807) is 22.2 Å². The Morgan fingerprint density at radius 3 is 2.87 bits per heavy atom. The van der Waals surface area contributed by atoms with Crippen LogP contribution in [0.25, 0.3) is 0 Å². The number of thiophene rings is 1. The number of aliphatic hydroxyl groups is 1. The molecule has 0 aliphatic rings. The fourth-order valence-corrected chi connectivity index (χ4v) is 2.99. The molecule has 2 rings (SSSR count). The number of aliphatic hydroxyl groups excluding tert-OH is 1. The second kappa shape index (κ2) is 4.47. The highest BCUT2D eigenvalue weighted by Gasteiger charge is 2.13. The Hall–Kier alpha value is -0.650. The summed E-state index contributed by atoms with van der Waals surface area (Å²) in [5.74, 6) is 0. The predicted octanol–water partition coefficient (Wildman–Crippen LogP) is 2.52. The summed E-state index contributed by atoms with van der Waals surface area (Å²) in [6.45, 7) is 0. The van der Waals surface area contributed by atoms with Gasteiger partial charge in [0, 0.05) is 24.5 Å². The zero-order valence-electron chi connectivity index (χ0n) is 8.22. The normalized spacial score (nSPS) is 13.0. The van der Waals surface area contributed by atoms with Crippen LogP contribution >= 0.6 is 27.3 Å². The molecule has 1 N–H and O–H groups in total. The minimum atomic E-state index is -0.483. The zero-order chi connectivity index (χ0) is 10.8. The molecule has 0 saturated carbocycles. The Balaban J connectivity index is 2.10. The van der Waals surface area contributed by atoms with Gasteiger partial charge in [0.05, 0.1) is 9.48 Å². The summed E-state index contributed by atoms with van der Waals surface area (Å²) in [5.41, 5.74) is 0.847. The summed E-state index contributed by atoms with van der Waals surface area (Å²) < 4.78 is 2.79. The topological polar surface area (TPSA) is 38.0 Å². The molecule has 0 amide bonds. The molecule has 2 aromatic heterocycles. The molecule has 0 fully saturated rings. The van der Waals surface area contributed by atoms with Crippen molar-refractivity contribution in [2.75, 3.05) is 0 Å². The van der Waals surface area contributed by atoms with Crippen LogP contribution < -0.4 is 0 Å². The van der Waals surface area contributed by atoms with Gasteiger partial charge in [-0.1, -0.05) is 0 Å². The van der Waals surface area contributed by atoms with Gasteiger partial charge in [-0.3, -0.25) is 4.68 Å². The van der Waals surface area contributed by atoms with Crippen molar-refractivity contribution in [1.82, 2.24) is 9.78 Å². The minimum absolute atomic E-state index is 0.483. The number of hydrogen-bond donors (Lipinski definition) is 1. The largest absolute Gasteiger partial charge is 0.386 e. The Kier molecular flexibility index (Phi) is 3.23. The third-order valence-corrected chi connectivity index (χ3v) is 3.87. The molecule has 0 aliphatic heterocycles. The van der Waals surface area contributed by atoms with E-state index in [2.05, 4.69) is 21.0 Å². The highest BCUT2D eigenvalue weighted by Crippen LogP contribution is 2.26. The fourth-order valence-electron chi connectivity index (χ4n) is 1.47. The lowest BCUT2D eigenvalue weighted by Gasteiger charge is -2.09. The van der Waals surface area contributed by atoms with Gasteiger partial charge in [-0.2, -0.15) is 5.10 Å². The molecule has 5 heteroatoms. The second-order valence-corrected chi connectivity index (χ2v) is 5.85. The third kappa shape index (κ3) is 2.48. The average molecular weight is 287 g/mol. The van der Waals surface area contributed by atoms with E-state index in [1.165, 1.54) is 0 Å². The van der Waals surface area contributed by atoms with Gasteiger partial charge in [-0.05, 0) is 34.1 Å². The first-order valence-electron chi connectivity index (χ1n) is 4.57. The number of aromatic nitrogens is 2. The van der Waals surface area contributed by atoms with Gasteiger partial charge in [-0.25, -0.2) is 0 Å². The highest BCUT2D eigenvalue weighted by atomic mass is 79.9. The lowest BCUT2D eigenvalue weighted by molar-refractivity contribution is 0.169. The summed E-state index contributed by atoms with van der Waals surface area (Å²) >= 11 is 5.05. The number of nitrogens with zero attached hydrogens (tertiary/aromatic N) is 2. The lowest BCUT2D eigenvalue weighted by Crippen LogP contribution is -2.07. The molecule has 3 nitrogen and oxygen atoms in total. The van der Waals surface area contributed by atoms with Crippen molar-refractivity contribution in [3.63, 3.8) is 0 Å². The summed E-state index contributed by atoms with van der Waals surface area (Å²) in [6.07, 6.45) is 1.85. The maximum atomic E-state index is 9.98. The van der Waals surface area contributed by atoms with E-state index in [1.807, 2.05) is 25.2 Å². The van der Waals surface area contributed by atoms with Crippen LogP contribution in [0.4, 0.5) is 0 Å². The van der Waals surface area contributed by atoms with E-state index in [-0.39, 0.29) is 0 Å². The van der Waals surface area contributed by atoms with E-state index in [9.17, 15) is 5.11 Å². The van der Waals surface area contributed by atoms with E-state index < -0.39 is 6.10 Å². The smallest absolute Gasteiger partial charge is 0.100 e. The quantitative estimate of drug-likeness (QED) is 0.942. The SMILES string of the molecule is Cn1nccc1C(O)Cc1ccc(Br)s1. The van der Waals surface area contributed by atoms with Crippen LogP contribution in [0, 0.1) is 0 Å². The Bertz CT molecular complexity index is 452. The van der Waals surface area contributed by atoms with Crippen LogP contribution in [0.3, 0.4) is 0 Å². The van der Waals surface area contributed by atoms with Crippen molar-refractivity contribution < 1.29 is 5.11 Å². The van der Waals surface area contributed by atoms with Crippen molar-refractivity contribution >= 4 is 27.3 Å². The van der Waals surface area contributed by atoms with E-state index in [0.717, 1.165) is 14.4 Å². The van der Waals surface area contributed by atoms with Crippen LogP contribution in [0.2, 0.25) is 0 Å². The maximum absolute atomic E-state index is 9.98. The molecule has 0 aromatic carbocycles. The van der Waals surface area contributed by atoms with Crippen molar-refractivity contribution in [2.24, 2.45) is 7.05 Å². The van der Waals surface area contributed by atoms with Gasteiger partial charge < -0.3 is 5.11 Å². The maximum Gasteiger partial charge on any atom is 0.100 e. The number of hydrogen-bond acceptors (Lipinski definition) is 3. The van der Waals surface area contributed by atoms with Gasteiger partial charge >= 0.3 is 0 Å². The van der Waals surface area contributed by atoms with E-state index in [0.29, 0.717) is 6.42 Å². The molecule has 0 aliphatic carbocycles. The number of rotatable bonds is 3. The van der Waals surface area contributed by atoms with Crippen LogP contribution in [0.15, 0.2) is 28.2 Å². The van der Waals surface area contributed by atoms with Gasteiger partial charge in [-0.15, -0.1) is 11.3 Å². The monoisotopic (exact) mass is 286 g/mol. The van der Waals surface area contributed by atoms with Crippen molar-refractivity contribution in [1.29, 1.82) is 0 Å². The van der Waals surface area contributed by atoms with Crippen LogP contribution in [-0.4, -0.2) is 14.9 Å². The molecule has 0 radical (unpaired) electrons. The fraction of sp³-hybridized carbons (Fsp3) is 0.300. The molecule has 2 heterocycles. The molecule has 0 spiro atoms. The third-order valence-electron chi connectivity index (χ3n) is 2.22. The van der Waals surface area contributed by atoms with Crippen molar-refractivity contribution in [3.8, 4) is 0 Å². The Morgan fingerprint density at radius 1 is 1.53 bits per heavy atom. The molecule has 1 atom stereocenters. The zero-order valence-corrected chi connectivity index (χ0v) is 10.6. The molecule has 2 aromatic rings. The van der Waals surface area contributed by atoms with Crippen LogP contribution in [0.5, 0.6) is 0 Å². The summed E-state index contributed by atoms with van der Waals surface area (Å²) in [6, 6.07) is 5.86. The molecule has 80 valence electrons. The van der Waals surface area contributed by atoms with Gasteiger partial charge in [0.25, 0.3) is 0 Å². The minimum Gasteiger partial charge on any atom is -0.386 e. The molecular formula is C10H11BrN2OS. The average Bonchev–Trinajstić information content (AvgIpc) is 2.75. The molecule has 0 saturated heterocycles. The first kappa shape index (κ1) is 10.9. The van der Waals surface area contributed by atoms with E-state index in [4.69, 9.17) is 0 Å². The molecule has 1 unspecified atom stereocenters. The standard InChI is InChI=1S/C10H11BrN2OS/c1-13-8(4-5-12-13)9(14)6-7-2-3-10(11)15-7/h2-5,9,14H,6H2,1H3. The Morgan fingerprint density at radius 2 is 2.33 bits per heavy atom. The van der Waals surface area contributed by atoms with E-state index >= 15 is 0 Å². The van der Waals surface area contributed by atoms with Crippen molar-refractivity contribution in [2.45, 2.75) is 12.5 Å². The lowest BCUT2D eigenvalue weighted by atomic mass is 10.1. The summed E-state index contributed by atoms with van der Waals surface area (Å²) in [4.78, 5) is 1.16. The van der Waals surface area contributed by atoms with Gasteiger partial charge in [0.1, 0.15) is 6.10 Å². The molecule has 15 heavy (non-hydrogen) atoms. The number of halogens is 1. The molecular weight excluding hydrogens is 276 g/mol. The second-order valence-electron chi connectivity index (χ2n) is 3.31. The summed E-state index contributed by atoms with van der Waals surface area (Å²) in [7, 11) is 1.84. The predicted molar refractivity (Wildman–Crippen MR) is 63.9 cm³/mol. The van der Waals surface area contributed by atoms with Crippen LogP contribution in [0.1, 0.15) is 16.7 Å². The number of aryl methyl sites for hydroxylation is 1. The summed E-state index contributed by atoms with van der Waals surface area (Å²) in [5, 5.41) is 14.0. The first-order chi connectivity index (χ1) is 7.16. The highest BCUT2D eigenvalue weighted by molar-refractivity contribution is 9.11. The van der Waals surface area contributed by atoms with Gasteiger partial charge in [0.15, 0.2) is 0 Å².